The highest BCUT2D eigenvalue weighted by molar-refractivity contribution is 7.71. The molecule has 21 heavy (non-hydrogen) atoms. The first kappa shape index (κ1) is 18.2. The number of hydrogen-bond donors (Lipinski definition) is 0. The maximum atomic E-state index is 6.92. The van der Waals surface area contributed by atoms with E-state index in [9.17, 15) is 0 Å². The SMILES string of the molecule is C[Si](C)(Cl)C1([Si](Cl)(Cl)Cl)C([Si](Cl)(Cl)Cl)[C@@H]2[C@H]1[C@H]1C=C[C@@H]2C1. The van der Waals surface area contributed by atoms with Crippen molar-refractivity contribution in [2.75, 3.05) is 0 Å². The molecule has 3 aliphatic rings. The van der Waals surface area contributed by atoms with Crippen LogP contribution in [-0.2, 0) is 0 Å². The molecule has 10 heteroatoms. The molecule has 0 heterocycles. The van der Waals surface area contributed by atoms with Gasteiger partial charge in [-0.1, -0.05) is 25.2 Å². The minimum absolute atomic E-state index is 0.127. The van der Waals surface area contributed by atoms with Gasteiger partial charge in [-0.15, -0.1) is 66.5 Å². The minimum atomic E-state index is -3.16. The second kappa shape index (κ2) is 5.21. The molecule has 0 radical (unpaired) electrons. The van der Waals surface area contributed by atoms with Gasteiger partial charge >= 0.3 is 12.0 Å². The summed E-state index contributed by atoms with van der Waals surface area (Å²) in [4.78, 5) is 0. The third-order valence-corrected chi connectivity index (χ3v) is 22.8. The summed E-state index contributed by atoms with van der Waals surface area (Å²) in [6.45, 7) is 4.10. The monoisotopic (exact) mass is 476 g/mol. The predicted molar refractivity (Wildman–Crippen MR) is 104 cm³/mol. The number of allylic oxidation sites excluding steroid dienone is 2. The number of fused-ring (bicyclic) bond motifs is 5. The van der Waals surface area contributed by atoms with Gasteiger partial charge in [-0.3, -0.25) is 0 Å². The molecule has 0 nitrogen and oxygen atoms in total. The van der Waals surface area contributed by atoms with E-state index in [1.165, 1.54) is 0 Å². The quantitative estimate of drug-likeness (QED) is 0.236. The third-order valence-electron chi connectivity index (χ3n) is 5.73. The van der Waals surface area contributed by atoms with E-state index in [1.807, 2.05) is 13.1 Å². The van der Waals surface area contributed by atoms with Crippen LogP contribution in [0.3, 0.4) is 0 Å². The molecule has 0 aromatic rings. The molecule has 3 aliphatic carbocycles. The van der Waals surface area contributed by atoms with Gasteiger partial charge < -0.3 is 0 Å². The molecule has 0 N–H and O–H groups in total. The van der Waals surface area contributed by atoms with E-state index in [4.69, 9.17) is 77.6 Å². The Balaban J connectivity index is 2.19. The summed E-state index contributed by atoms with van der Waals surface area (Å²) >= 11 is 46.3. The molecule has 2 fully saturated rings. The van der Waals surface area contributed by atoms with Gasteiger partial charge in [0.25, 0.3) is 0 Å². The van der Waals surface area contributed by atoms with Crippen LogP contribution in [0.15, 0.2) is 12.2 Å². The summed E-state index contributed by atoms with van der Waals surface area (Å²) in [5.74, 6) is 1.54. The summed E-state index contributed by atoms with van der Waals surface area (Å²) in [6.07, 6.45) is 5.62. The van der Waals surface area contributed by atoms with Crippen molar-refractivity contribution in [2.24, 2.45) is 23.7 Å². The Morgan fingerprint density at radius 3 is 1.86 bits per heavy atom. The second-order valence-corrected chi connectivity index (χ2v) is 31.5. The molecular formula is C11H15Cl7Si3. The average Bonchev–Trinajstić information content (AvgIpc) is 2.66. The van der Waals surface area contributed by atoms with E-state index in [1.54, 1.807) is 0 Å². The van der Waals surface area contributed by atoms with Crippen LogP contribution in [0.1, 0.15) is 6.42 Å². The Kier molecular flexibility index (Phi) is 4.52. The molecule has 0 amide bonds. The lowest BCUT2D eigenvalue weighted by atomic mass is 9.66. The van der Waals surface area contributed by atoms with Gasteiger partial charge in [0.2, 0.25) is 0 Å². The van der Waals surface area contributed by atoms with E-state index in [0.29, 0.717) is 23.7 Å². The maximum absolute atomic E-state index is 6.92. The van der Waals surface area contributed by atoms with Crippen molar-refractivity contribution >= 4 is 96.9 Å². The molecule has 2 unspecified atom stereocenters. The highest BCUT2D eigenvalue weighted by Gasteiger charge is 2.84. The van der Waals surface area contributed by atoms with Gasteiger partial charge in [-0.05, 0) is 30.1 Å². The van der Waals surface area contributed by atoms with Gasteiger partial charge in [0.05, 0.1) is 0 Å². The van der Waals surface area contributed by atoms with Crippen LogP contribution in [0.4, 0.5) is 0 Å². The summed E-state index contributed by atoms with van der Waals surface area (Å²) < 4.78 is -0.543. The highest BCUT2D eigenvalue weighted by atomic mass is 35.8. The zero-order chi connectivity index (χ0) is 16.0. The van der Waals surface area contributed by atoms with Crippen LogP contribution in [0.25, 0.3) is 0 Å². The van der Waals surface area contributed by atoms with Gasteiger partial charge in [-0.2, -0.15) is 11.1 Å². The summed E-state index contributed by atoms with van der Waals surface area (Å²) in [5.41, 5.74) is -0.127. The number of halogens is 7. The van der Waals surface area contributed by atoms with Crippen LogP contribution in [-0.4, -0.2) is 19.4 Å². The Morgan fingerprint density at radius 1 is 0.905 bits per heavy atom. The van der Waals surface area contributed by atoms with Crippen molar-refractivity contribution in [1.29, 1.82) is 0 Å². The fraction of sp³-hybridized carbons (Fsp3) is 0.818. The van der Waals surface area contributed by atoms with E-state index in [2.05, 4.69) is 12.2 Å². The Labute approximate surface area is 161 Å². The first-order chi connectivity index (χ1) is 9.33. The molecule has 0 aromatic carbocycles. The molecule has 0 saturated heterocycles. The lowest BCUT2D eigenvalue weighted by molar-refractivity contribution is 0.126. The fourth-order valence-corrected chi connectivity index (χ4v) is 33.6. The predicted octanol–water partition coefficient (Wildman–Crippen LogP) is 6.84. The molecule has 2 saturated carbocycles. The molecule has 0 aromatic heterocycles. The summed E-state index contributed by atoms with van der Waals surface area (Å²) in [6, 6.07) is -6.20. The molecular weight excluding hydrogens is 465 g/mol. The molecule has 6 atom stereocenters. The molecule has 0 aliphatic heterocycles. The van der Waals surface area contributed by atoms with Crippen LogP contribution < -0.4 is 0 Å². The van der Waals surface area contributed by atoms with E-state index in [0.717, 1.165) is 6.42 Å². The standard InChI is InChI=1S/C11H15Cl7Si3/c1-19(2,12)11(21(16,17)18)9-7-4-3-6(5-7)8(9)10(11)20(13,14)15/h3-4,6-10H,5H2,1-2H3/t6-,7+,8+,9-,10?,11?/m1/s1. The third kappa shape index (κ3) is 2.32. The van der Waals surface area contributed by atoms with Crippen molar-refractivity contribution in [3.05, 3.63) is 12.2 Å². The molecule has 0 spiro atoms. The van der Waals surface area contributed by atoms with Crippen LogP contribution in [0.5, 0.6) is 0 Å². The number of rotatable bonds is 3. The first-order valence-corrected chi connectivity index (χ1v) is 21.0. The van der Waals surface area contributed by atoms with Gasteiger partial charge in [0.15, 0.2) is 7.38 Å². The van der Waals surface area contributed by atoms with Crippen molar-refractivity contribution < 1.29 is 0 Å². The lowest BCUT2D eigenvalue weighted by Crippen LogP contribution is -2.70. The Hall–Kier alpha value is 2.42. The van der Waals surface area contributed by atoms with Crippen LogP contribution >= 0.6 is 77.6 Å². The minimum Gasteiger partial charge on any atom is -0.167 e. The Morgan fingerprint density at radius 2 is 1.43 bits per heavy atom. The Bertz CT molecular complexity index is 476. The number of hydrogen-bond acceptors (Lipinski definition) is 0. The first-order valence-electron chi connectivity index (χ1n) is 6.84. The van der Waals surface area contributed by atoms with Crippen LogP contribution in [0.2, 0.25) is 23.3 Å². The van der Waals surface area contributed by atoms with Crippen molar-refractivity contribution in [3.63, 3.8) is 0 Å². The van der Waals surface area contributed by atoms with E-state index in [-0.39, 0.29) is 5.54 Å². The lowest BCUT2D eigenvalue weighted by Gasteiger charge is -2.69. The van der Waals surface area contributed by atoms with Gasteiger partial charge in [0, 0.05) is 10.2 Å². The molecule has 120 valence electrons. The second-order valence-electron chi connectivity index (χ2n) is 6.91. The smallest absolute Gasteiger partial charge is 0.167 e. The normalized spacial score (nSPS) is 45.7. The van der Waals surface area contributed by atoms with E-state index >= 15 is 0 Å². The summed E-state index contributed by atoms with van der Waals surface area (Å²) in [5, 5.41) is 0. The fourth-order valence-electron chi connectivity index (χ4n) is 5.29. The highest BCUT2D eigenvalue weighted by Crippen LogP contribution is 2.86. The van der Waals surface area contributed by atoms with Gasteiger partial charge in [-0.25, -0.2) is 0 Å². The van der Waals surface area contributed by atoms with Crippen molar-refractivity contribution in [2.45, 2.75) is 29.7 Å². The zero-order valence-electron chi connectivity index (χ0n) is 11.4. The van der Waals surface area contributed by atoms with Gasteiger partial charge in [0.1, 0.15) is 0 Å². The molecule has 3 rings (SSSR count). The van der Waals surface area contributed by atoms with Crippen molar-refractivity contribution in [3.8, 4) is 0 Å². The maximum Gasteiger partial charge on any atom is 0.346 e. The molecule has 2 bridgehead atoms. The largest absolute Gasteiger partial charge is 0.346 e. The average molecular weight is 480 g/mol. The topological polar surface area (TPSA) is 0 Å². The van der Waals surface area contributed by atoms with E-state index < -0.39 is 24.1 Å². The van der Waals surface area contributed by atoms with Crippen LogP contribution in [0, 0.1) is 23.7 Å². The zero-order valence-corrected chi connectivity index (χ0v) is 19.7. The van der Waals surface area contributed by atoms with Crippen molar-refractivity contribution in [1.82, 2.24) is 0 Å². The summed E-state index contributed by atoms with van der Waals surface area (Å²) in [7, 11) is -2.37.